The Kier molecular flexibility index (Phi) is 3.38. The number of hydrogen-bond acceptors (Lipinski definition) is 1. The van der Waals surface area contributed by atoms with Gasteiger partial charge in [-0.3, -0.25) is 4.79 Å². The van der Waals surface area contributed by atoms with Crippen LogP contribution in [0, 0.1) is 5.92 Å². The van der Waals surface area contributed by atoms with Gasteiger partial charge in [0.05, 0.1) is 0 Å². The second-order valence-corrected chi connectivity index (χ2v) is 8.01. The van der Waals surface area contributed by atoms with Gasteiger partial charge in [-0.2, -0.15) is 0 Å². The molecule has 2 unspecified atom stereocenters. The number of nitrogens with one attached hydrogen (secondary N) is 1. The van der Waals surface area contributed by atoms with Gasteiger partial charge in [-0.1, -0.05) is 52.0 Å². The molecule has 0 bridgehead atoms. The van der Waals surface area contributed by atoms with E-state index in [1.54, 1.807) is 0 Å². The lowest BCUT2D eigenvalue weighted by Crippen LogP contribution is -2.46. The van der Waals surface area contributed by atoms with Gasteiger partial charge < -0.3 is 5.32 Å². The maximum atomic E-state index is 12.2. The van der Waals surface area contributed by atoms with Gasteiger partial charge in [0.15, 0.2) is 0 Å². The van der Waals surface area contributed by atoms with Crippen molar-refractivity contribution in [2.75, 3.05) is 0 Å². The summed E-state index contributed by atoms with van der Waals surface area (Å²) in [6, 6.07) is 9.11. The van der Waals surface area contributed by atoms with Crippen LogP contribution in [0.2, 0.25) is 0 Å². The van der Waals surface area contributed by atoms with E-state index in [0.29, 0.717) is 18.4 Å². The summed E-state index contributed by atoms with van der Waals surface area (Å²) < 4.78 is 0. The van der Waals surface area contributed by atoms with Gasteiger partial charge in [-0.05, 0) is 41.7 Å². The Hall–Kier alpha value is -1.31. The molecule has 2 nitrogen and oxygen atoms in total. The average molecular weight is 285 g/mol. The van der Waals surface area contributed by atoms with Crippen LogP contribution in [0.15, 0.2) is 24.3 Å². The van der Waals surface area contributed by atoms with E-state index < -0.39 is 0 Å². The van der Waals surface area contributed by atoms with Crippen LogP contribution in [0.5, 0.6) is 0 Å². The Morgan fingerprint density at radius 1 is 1.19 bits per heavy atom. The zero-order valence-corrected chi connectivity index (χ0v) is 13.7. The fraction of sp³-hybridized carbons (Fsp3) is 0.632. The molecular weight excluding hydrogens is 258 g/mol. The van der Waals surface area contributed by atoms with Crippen molar-refractivity contribution in [3.8, 4) is 0 Å². The second-order valence-electron chi connectivity index (χ2n) is 8.01. The van der Waals surface area contributed by atoms with E-state index in [1.807, 2.05) is 0 Å². The van der Waals surface area contributed by atoms with E-state index in [4.69, 9.17) is 0 Å². The minimum absolute atomic E-state index is 0.0213. The third-order valence-electron chi connectivity index (χ3n) is 5.57. The zero-order chi connectivity index (χ0) is 15.3. The van der Waals surface area contributed by atoms with Gasteiger partial charge >= 0.3 is 0 Å². The van der Waals surface area contributed by atoms with Crippen LogP contribution in [0.4, 0.5) is 0 Å². The zero-order valence-electron chi connectivity index (χ0n) is 13.7. The van der Waals surface area contributed by atoms with Crippen LogP contribution >= 0.6 is 0 Å². The highest BCUT2D eigenvalue weighted by atomic mass is 16.2. The van der Waals surface area contributed by atoms with Crippen molar-refractivity contribution in [1.29, 1.82) is 0 Å². The normalized spacial score (nSPS) is 30.5. The van der Waals surface area contributed by atoms with Crippen molar-refractivity contribution in [3.05, 3.63) is 35.4 Å². The van der Waals surface area contributed by atoms with Crippen LogP contribution in [0.25, 0.3) is 0 Å². The fourth-order valence-electron chi connectivity index (χ4n) is 4.41. The third-order valence-corrected chi connectivity index (χ3v) is 5.57. The van der Waals surface area contributed by atoms with Crippen LogP contribution in [-0.4, -0.2) is 11.9 Å². The standard InChI is InChI=1S/C19H27NO/c1-13(2)11-16-19(12-17(21)20-16)10-9-18(3,4)14-7-5-6-8-15(14)19/h5-8,13,16H,9-12H2,1-4H3,(H,20,21). The number of amides is 1. The molecule has 114 valence electrons. The summed E-state index contributed by atoms with van der Waals surface area (Å²) in [7, 11) is 0. The smallest absolute Gasteiger partial charge is 0.221 e. The number of fused-ring (bicyclic) bond motifs is 2. The number of hydrogen-bond donors (Lipinski definition) is 1. The summed E-state index contributed by atoms with van der Waals surface area (Å²) in [6.07, 6.45) is 4.01. The molecule has 2 heteroatoms. The summed E-state index contributed by atoms with van der Waals surface area (Å²) in [5.74, 6) is 0.836. The molecule has 21 heavy (non-hydrogen) atoms. The van der Waals surface area contributed by atoms with Gasteiger partial charge in [0.25, 0.3) is 0 Å². The molecule has 3 rings (SSSR count). The van der Waals surface area contributed by atoms with Crippen molar-refractivity contribution >= 4 is 5.91 Å². The topological polar surface area (TPSA) is 29.1 Å². The molecule has 1 saturated heterocycles. The maximum Gasteiger partial charge on any atom is 0.221 e. The van der Waals surface area contributed by atoms with Gasteiger partial charge in [0, 0.05) is 17.9 Å². The number of carbonyl (C=O) groups is 1. The molecule has 1 spiro atoms. The molecule has 1 aliphatic heterocycles. The van der Waals surface area contributed by atoms with Crippen LogP contribution in [-0.2, 0) is 15.6 Å². The number of rotatable bonds is 2. The summed E-state index contributed by atoms with van der Waals surface area (Å²) >= 11 is 0. The van der Waals surface area contributed by atoms with Gasteiger partial charge in [0.2, 0.25) is 5.91 Å². The monoisotopic (exact) mass is 285 g/mol. The Balaban J connectivity index is 2.10. The number of benzene rings is 1. The molecule has 2 atom stereocenters. The lowest BCUT2D eigenvalue weighted by molar-refractivity contribution is -0.119. The van der Waals surface area contributed by atoms with E-state index in [9.17, 15) is 4.79 Å². The van der Waals surface area contributed by atoms with E-state index in [1.165, 1.54) is 11.1 Å². The lowest BCUT2D eigenvalue weighted by Gasteiger charge is -2.46. The molecule has 1 fully saturated rings. The van der Waals surface area contributed by atoms with E-state index in [0.717, 1.165) is 19.3 Å². The summed E-state index contributed by atoms with van der Waals surface area (Å²) in [6.45, 7) is 9.16. The fourth-order valence-corrected chi connectivity index (χ4v) is 4.41. The quantitative estimate of drug-likeness (QED) is 0.876. The summed E-state index contributed by atoms with van der Waals surface area (Å²) in [5, 5.41) is 3.28. The van der Waals surface area contributed by atoms with Crippen molar-refractivity contribution in [1.82, 2.24) is 5.32 Å². The Labute approximate surface area is 128 Å². The Morgan fingerprint density at radius 2 is 1.86 bits per heavy atom. The SMILES string of the molecule is CC(C)CC1NC(=O)CC12CCC(C)(C)c1ccccc12. The first-order valence-electron chi connectivity index (χ1n) is 8.24. The van der Waals surface area contributed by atoms with Gasteiger partial charge in [0.1, 0.15) is 0 Å². The molecular formula is C19H27NO. The molecule has 0 aromatic heterocycles. The average Bonchev–Trinajstić information content (AvgIpc) is 2.71. The third kappa shape index (κ3) is 2.29. The van der Waals surface area contributed by atoms with E-state index >= 15 is 0 Å². The highest BCUT2D eigenvalue weighted by Gasteiger charge is 2.52. The molecule has 0 radical (unpaired) electrons. The molecule has 1 aromatic carbocycles. The highest BCUT2D eigenvalue weighted by molar-refractivity contribution is 5.82. The van der Waals surface area contributed by atoms with Gasteiger partial charge in [-0.15, -0.1) is 0 Å². The van der Waals surface area contributed by atoms with Gasteiger partial charge in [-0.25, -0.2) is 0 Å². The molecule has 0 saturated carbocycles. The largest absolute Gasteiger partial charge is 0.352 e. The predicted octanol–water partition coefficient (Wildman–Crippen LogP) is 3.93. The molecule has 1 amide bonds. The van der Waals surface area contributed by atoms with Crippen LogP contribution < -0.4 is 5.32 Å². The van der Waals surface area contributed by atoms with E-state index in [2.05, 4.69) is 57.3 Å². The highest BCUT2D eigenvalue weighted by Crippen LogP contribution is 2.52. The first-order valence-corrected chi connectivity index (χ1v) is 8.24. The van der Waals surface area contributed by atoms with Crippen molar-refractivity contribution in [2.45, 2.75) is 70.3 Å². The molecule has 1 heterocycles. The lowest BCUT2D eigenvalue weighted by atomic mass is 9.58. The molecule has 2 aliphatic rings. The summed E-state index contributed by atoms with van der Waals surface area (Å²) in [4.78, 5) is 12.2. The second kappa shape index (κ2) is 4.86. The van der Waals surface area contributed by atoms with Crippen molar-refractivity contribution < 1.29 is 4.79 Å². The minimum atomic E-state index is 0.0213. The molecule has 1 aliphatic carbocycles. The van der Waals surface area contributed by atoms with E-state index in [-0.39, 0.29) is 16.7 Å². The Bertz CT molecular complexity index is 560. The minimum Gasteiger partial charge on any atom is -0.352 e. The summed E-state index contributed by atoms with van der Waals surface area (Å²) in [5.41, 5.74) is 3.11. The number of carbonyl (C=O) groups excluding carboxylic acids is 1. The predicted molar refractivity (Wildman–Crippen MR) is 86.4 cm³/mol. The van der Waals surface area contributed by atoms with Crippen molar-refractivity contribution in [2.24, 2.45) is 5.92 Å². The molecule has 1 aromatic rings. The maximum absolute atomic E-state index is 12.2. The first kappa shape index (κ1) is 14.6. The molecule has 1 N–H and O–H groups in total. The Morgan fingerprint density at radius 3 is 2.52 bits per heavy atom. The van der Waals surface area contributed by atoms with Crippen molar-refractivity contribution in [3.63, 3.8) is 0 Å². The van der Waals surface area contributed by atoms with Crippen LogP contribution in [0.3, 0.4) is 0 Å². The van der Waals surface area contributed by atoms with Crippen LogP contribution in [0.1, 0.15) is 64.5 Å². The first-order chi connectivity index (χ1) is 9.85.